The fourth-order valence-electron chi connectivity index (χ4n) is 2.71. The van der Waals surface area contributed by atoms with Crippen LogP contribution in [0.15, 0.2) is 52.2 Å². The maximum Gasteiger partial charge on any atom is 0.193 e. The van der Waals surface area contributed by atoms with Crippen molar-refractivity contribution in [3.63, 3.8) is 0 Å². The summed E-state index contributed by atoms with van der Waals surface area (Å²) in [5, 5.41) is 7.21. The largest absolute Gasteiger partial charge is 0.490 e. The molecule has 0 amide bonds. The van der Waals surface area contributed by atoms with Crippen LogP contribution in [-0.4, -0.2) is 42.3 Å². The fraction of sp³-hybridized carbons (Fsp3) is 0.412. The number of aliphatic imine (C=N–C) groups is 1. The topological polar surface area (TPSA) is 62.9 Å². The number of ether oxygens (including phenoxy) is 1. The Morgan fingerprint density at radius 2 is 2.04 bits per heavy atom. The summed E-state index contributed by atoms with van der Waals surface area (Å²) in [5.41, 5.74) is 0.869. The van der Waals surface area contributed by atoms with E-state index < -0.39 is 0 Å². The molecule has 2 aromatic rings. The van der Waals surface area contributed by atoms with Crippen LogP contribution in [0.4, 0.5) is 0 Å². The maximum absolute atomic E-state index is 6.03. The number of nitrogens with one attached hydrogen (secondary N) is 1. The first kappa shape index (κ1) is 18.6. The van der Waals surface area contributed by atoms with Gasteiger partial charge in [0.2, 0.25) is 0 Å². The van der Waals surface area contributed by atoms with Crippen molar-refractivity contribution in [2.45, 2.75) is 25.5 Å². The van der Waals surface area contributed by atoms with Gasteiger partial charge < -0.3 is 19.5 Å². The molecule has 6 nitrogen and oxygen atoms in total. The van der Waals surface area contributed by atoms with Gasteiger partial charge >= 0.3 is 0 Å². The molecule has 1 aromatic carbocycles. The van der Waals surface area contributed by atoms with E-state index in [2.05, 4.69) is 20.4 Å². The van der Waals surface area contributed by atoms with Crippen molar-refractivity contribution in [2.24, 2.45) is 4.99 Å². The van der Waals surface area contributed by atoms with Crippen molar-refractivity contribution in [1.82, 2.24) is 15.4 Å². The molecule has 2 heterocycles. The Balaban J connectivity index is 0.00000208. The van der Waals surface area contributed by atoms with Gasteiger partial charge in [-0.05, 0) is 12.1 Å². The minimum absolute atomic E-state index is 0. The van der Waals surface area contributed by atoms with Crippen LogP contribution in [0.1, 0.15) is 18.5 Å². The Labute approximate surface area is 159 Å². The van der Waals surface area contributed by atoms with Crippen molar-refractivity contribution in [2.75, 3.05) is 20.1 Å². The Morgan fingerprint density at radius 3 is 2.67 bits per heavy atom. The molecule has 0 atom stereocenters. The zero-order chi connectivity index (χ0) is 15.9. The van der Waals surface area contributed by atoms with Crippen LogP contribution in [0, 0.1) is 0 Å². The van der Waals surface area contributed by atoms with Gasteiger partial charge in [0.25, 0.3) is 0 Å². The van der Waals surface area contributed by atoms with Crippen molar-refractivity contribution < 1.29 is 9.26 Å². The smallest absolute Gasteiger partial charge is 0.193 e. The SMILES string of the molecule is CN=C(NCc1ccon1)N1CCC(Oc2ccccc2)CC1.I. The van der Waals surface area contributed by atoms with Gasteiger partial charge in [-0.1, -0.05) is 23.4 Å². The molecule has 1 aromatic heterocycles. The highest BCUT2D eigenvalue weighted by atomic mass is 127. The zero-order valence-corrected chi connectivity index (χ0v) is 16.1. The van der Waals surface area contributed by atoms with Crippen LogP contribution in [0.5, 0.6) is 5.75 Å². The molecule has 1 aliphatic rings. The summed E-state index contributed by atoms with van der Waals surface area (Å²) in [6.07, 6.45) is 3.81. The number of para-hydroxylation sites is 1. The molecule has 1 fully saturated rings. The highest BCUT2D eigenvalue weighted by Gasteiger charge is 2.22. The van der Waals surface area contributed by atoms with Crippen molar-refractivity contribution in [3.05, 3.63) is 48.4 Å². The number of hydrogen-bond acceptors (Lipinski definition) is 4. The number of benzene rings is 1. The van der Waals surface area contributed by atoms with Gasteiger partial charge in [-0.3, -0.25) is 4.99 Å². The van der Waals surface area contributed by atoms with Crippen LogP contribution < -0.4 is 10.1 Å². The van der Waals surface area contributed by atoms with E-state index in [1.54, 1.807) is 13.3 Å². The quantitative estimate of drug-likeness (QED) is 0.448. The Kier molecular flexibility index (Phi) is 7.36. The second-order valence-electron chi connectivity index (χ2n) is 5.51. The predicted octanol–water partition coefficient (Wildman–Crippen LogP) is 2.91. The number of aromatic nitrogens is 1. The average Bonchev–Trinajstić information content (AvgIpc) is 3.11. The number of likely N-dealkylation sites (tertiary alicyclic amines) is 1. The number of guanidine groups is 1. The molecule has 1 N–H and O–H groups in total. The van der Waals surface area contributed by atoms with Gasteiger partial charge in [0, 0.05) is 39.0 Å². The summed E-state index contributed by atoms with van der Waals surface area (Å²) in [5.74, 6) is 1.84. The number of halogens is 1. The minimum Gasteiger partial charge on any atom is -0.490 e. The molecule has 130 valence electrons. The van der Waals surface area contributed by atoms with Gasteiger partial charge in [-0.15, -0.1) is 24.0 Å². The lowest BCUT2D eigenvalue weighted by Gasteiger charge is -2.34. The van der Waals surface area contributed by atoms with Gasteiger partial charge in [0.1, 0.15) is 23.8 Å². The number of nitrogens with zero attached hydrogens (tertiary/aromatic N) is 3. The average molecular weight is 442 g/mol. The summed E-state index contributed by atoms with van der Waals surface area (Å²) < 4.78 is 10.9. The molecule has 7 heteroatoms. The standard InChI is InChI=1S/C17H22N4O2.HI/c1-18-17(19-13-14-9-12-22-20-14)21-10-7-16(8-11-21)23-15-5-3-2-4-6-15;/h2-6,9,12,16H,7-8,10-11,13H2,1H3,(H,18,19);1H. The number of rotatable bonds is 4. The summed E-state index contributed by atoms with van der Waals surface area (Å²) >= 11 is 0. The van der Waals surface area contributed by atoms with Gasteiger partial charge in [-0.25, -0.2) is 0 Å². The highest BCUT2D eigenvalue weighted by Crippen LogP contribution is 2.18. The summed E-state index contributed by atoms with van der Waals surface area (Å²) in [7, 11) is 1.80. The molecule has 0 radical (unpaired) electrons. The van der Waals surface area contributed by atoms with E-state index in [1.165, 1.54) is 0 Å². The number of hydrogen-bond donors (Lipinski definition) is 1. The molecule has 0 unspecified atom stereocenters. The third-order valence-corrected chi connectivity index (χ3v) is 3.92. The Hall–Kier alpha value is -1.77. The molecule has 0 saturated carbocycles. The molecule has 1 saturated heterocycles. The molecule has 0 spiro atoms. The van der Waals surface area contributed by atoms with Crippen LogP contribution in [0.25, 0.3) is 0 Å². The van der Waals surface area contributed by atoms with E-state index in [4.69, 9.17) is 9.26 Å². The Bertz CT molecular complexity index is 611. The van der Waals surface area contributed by atoms with Gasteiger partial charge in [0.15, 0.2) is 5.96 Å². The fourth-order valence-corrected chi connectivity index (χ4v) is 2.71. The van der Waals surface area contributed by atoms with Gasteiger partial charge in [0.05, 0.1) is 6.54 Å². The highest BCUT2D eigenvalue weighted by molar-refractivity contribution is 14.0. The molecule has 0 aliphatic carbocycles. The van der Waals surface area contributed by atoms with E-state index in [0.717, 1.165) is 43.3 Å². The van der Waals surface area contributed by atoms with Crippen molar-refractivity contribution in [1.29, 1.82) is 0 Å². The summed E-state index contributed by atoms with van der Waals surface area (Å²) in [6.45, 7) is 2.47. The zero-order valence-electron chi connectivity index (χ0n) is 13.7. The minimum atomic E-state index is 0. The first-order valence-electron chi connectivity index (χ1n) is 7.91. The molecule has 0 bridgehead atoms. The number of piperidine rings is 1. The second-order valence-corrected chi connectivity index (χ2v) is 5.51. The van der Waals surface area contributed by atoms with Crippen LogP contribution in [0.3, 0.4) is 0 Å². The molecular formula is C17H23IN4O2. The molecule has 3 rings (SSSR count). The van der Waals surface area contributed by atoms with Crippen LogP contribution >= 0.6 is 24.0 Å². The molecule has 24 heavy (non-hydrogen) atoms. The first-order chi connectivity index (χ1) is 11.3. The normalized spacial score (nSPS) is 15.7. The van der Waals surface area contributed by atoms with E-state index in [9.17, 15) is 0 Å². The van der Waals surface area contributed by atoms with E-state index in [1.807, 2.05) is 36.4 Å². The van der Waals surface area contributed by atoms with Crippen molar-refractivity contribution in [3.8, 4) is 5.75 Å². The lowest BCUT2D eigenvalue weighted by Crippen LogP contribution is -2.47. The van der Waals surface area contributed by atoms with E-state index >= 15 is 0 Å². The second kappa shape index (κ2) is 9.51. The third kappa shape index (κ3) is 5.12. The first-order valence-corrected chi connectivity index (χ1v) is 7.91. The summed E-state index contributed by atoms with van der Waals surface area (Å²) in [4.78, 5) is 6.61. The molecular weight excluding hydrogens is 419 g/mol. The maximum atomic E-state index is 6.03. The lowest BCUT2D eigenvalue weighted by molar-refractivity contribution is 0.129. The summed E-state index contributed by atoms with van der Waals surface area (Å²) in [6, 6.07) is 11.9. The van der Waals surface area contributed by atoms with E-state index in [0.29, 0.717) is 6.54 Å². The third-order valence-electron chi connectivity index (χ3n) is 3.92. The predicted molar refractivity (Wildman–Crippen MR) is 104 cm³/mol. The lowest BCUT2D eigenvalue weighted by atomic mass is 10.1. The molecule has 1 aliphatic heterocycles. The van der Waals surface area contributed by atoms with E-state index in [-0.39, 0.29) is 30.1 Å². The van der Waals surface area contributed by atoms with Crippen LogP contribution in [0.2, 0.25) is 0 Å². The van der Waals surface area contributed by atoms with Gasteiger partial charge in [-0.2, -0.15) is 0 Å². The van der Waals surface area contributed by atoms with Crippen molar-refractivity contribution >= 4 is 29.9 Å². The Morgan fingerprint density at radius 1 is 1.29 bits per heavy atom. The monoisotopic (exact) mass is 442 g/mol. The van der Waals surface area contributed by atoms with Crippen LogP contribution in [-0.2, 0) is 6.54 Å².